The van der Waals surface area contributed by atoms with E-state index in [1.165, 1.54) is 12.8 Å². The second-order valence-corrected chi connectivity index (χ2v) is 7.75. The highest BCUT2D eigenvalue weighted by molar-refractivity contribution is 7.13. The molecule has 0 saturated carbocycles. The van der Waals surface area contributed by atoms with Crippen LogP contribution in [0.2, 0.25) is 0 Å². The SMILES string of the molecule is CN=C(NCCc1csc(N2CCCC2)n1)Nc1cccc(OCCCOC)c1. The van der Waals surface area contributed by atoms with Crippen molar-refractivity contribution in [2.24, 2.45) is 4.99 Å². The Labute approximate surface area is 177 Å². The summed E-state index contributed by atoms with van der Waals surface area (Å²) in [6, 6.07) is 7.89. The van der Waals surface area contributed by atoms with Crippen molar-refractivity contribution in [1.82, 2.24) is 10.3 Å². The summed E-state index contributed by atoms with van der Waals surface area (Å²) in [5.74, 6) is 1.56. The van der Waals surface area contributed by atoms with Gasteiger partial charge in [0.1, 0.15) is 5.75 Å². The summed E-state index contributed by atoms with van der Waals surface area (Å²) in [4.78, 5) is 11.5. The van der Waals surface area contributed by atoms with Gasteiger partial charge in [-0.1, -0.05) is 6.07 Å². The predicted molar refractivity (Wildman–Crippen MR) is 121 cm³/mol. The summed E-state index contributed by atoms with van der Waals surface area (Å²) in [6.45, 7) is 4.38. The number of hydrogen-bond donors (Lipinski definition) is 2. The molecule has 0 aliphatic carbocycles. The highest BCUT2D eigenvalue weighted by atomic mass is 32.1. The predicted octanol–water partition coefficient (Wildman–Crippen LogP) is 3.39. The quantitative estimate of drug-likeness (QED) is 0.351. The van der Waals surface area contributed by atoms with Crippen LogP contribution in [-0.2, 0) is 11.2 Å². The molecule has 3 rings (SSSR count). The van der Waals surface area contributed by atoms with E-state index in [1.54, 1.807) is 25.5 Å². The van der Waals surface area contributed by atoms with Crippen molar-refractivity contribution in [3.8, 4) is 5.75 Å². The Morgan fingerprint density at radius 2 is 2.14 bits per heavy atom. The maximum atomic E-state index is 5.76. The topological polar surface area (TPSA) is 71.0 Å². The number of thiazole rings is 1. The number of rotatable bonds is 10. The molecule has 8 heteroatoms. The molecule has 7 nitrogen and oxygen atoms in total. The van der Waals surface area contributed by atoms with Crippen LogP contribution in [0.4, 0.5) is 10.8 Å². The first-order chi connectivity index (χ1) is 14.3. The number of guanidine groups is 1. The van der Waals surface area contributed by atoms with Crippen LogP contribution in [0.25, 0.3) is 0 Å². The zero-order chi connectivity index (χ0) is 20.3. The lowest BCUT2D eigenvalue weighted by molar-refractivity contribution is 0.172. The summed E-state index contributed by atoms with van der Waals surface area (Å²) in [5, 5.41) is 9.99. The summed E-state index contributed by atoms with van der Waals surface area (Å²) < 4.78 is 10.8. The molecule has 2 aromatic rings. The number of ether oxygens (including phenoxy) is 2. The summed E-state index contributed by atoms with van der Waals surface area (Å²) in [6.07, 6.45) is 4.29. The van der Waals surface area contributed by atoms with Gasteiger partial charge in [0.05, 0.1) is 12.3 Å². The van der Waals surface area contributed by atoms with E-state index < -0.39 is 0 Å². The van der Waals surface area contributed by atoms with Gasteiger partial charge < -0.3 is 25.0 Å². The molecule has 1 aliphatic heterocycles. The van der Waals surface area contributed by atoms with E-state index >= 15 is 0 Å². The lowest BCUT2D eigenvalue weighted by atomic mass is 10.3. The molecular formula is C21H31N5O2S. The molecule has 29 heavy (non-hydrogen) atoms. The van der Waals surface area contributed by atoms with Crippen molar-refractivity contribution in [3.63, 3.8) is 0 Å². The molecule has 1 fully saturated rings. The first kappa shape index (κ1) is 21.4. The second kappa shape index (κ2) is 11.6. The van der Waals surface area contributed by atoms with Crippen LogP contribution < -0.4 is 20.3 Å². The highest BCUT2D eigenvalue weighted by Crippen LogP contribution is 2.24. The standard InChI is InChI=1S/C21H31N5O2S/c1-22-20(24-17-7-5-8-19(15-17)28-14-6-13-27-2)23-10-9-18-16-29-21(25-18)26-11-3-4-12-26/h5,7-8,15-16H,3-4,6,9-14H2,1-2H3,(H2,22,23,24). The molecule has 1 aliphatic rings. The third-order valence-corrected chi connectivity index (χ3v) is 5.62. The minimum Gasteiger partial charge on any atom is -0.493 e. The smallest absolute Gasteiger partial charge is 0.195 e. The molecule has 1 saturated heterocycles. The van der Waals surface area contributed by atoms with Gasteiger partial charge in [0, 0.05) is 70.4 Å². The minimum atomic E-state index is 0.636. The third-order valence-electron chi connectivity index (χ3n) is 4.67. The summed E-state index contributed by atoms with van der Waals surface area (Å²) in [5.41, 5.74) is 2.07. The van der Waals surface area contributed by atoms with Crippen LogP contribution in [0.1, 0.15) is 25.0 Å². The number of hydrogen-bond acceptors (Lipinski definition) is 6. The van der Waals surface area contributed by atoms with Gasteiger partial charge in [0.2, 0.25) is 0 Å². The van der Waals surface area contributed by atoms with E-state index in [4.69, 9.17) is 14.5 Å². The second-order valence-electron chi connectivity index (χ2n) is 6.91. The fourth-order valence-corrected chi connectivity index (χ4v) is 4.06. The minimum absolute atomic E-state index is 0.636. The Morgan fingerprint density at radius 3 is 2.93 bits per heavy atom. The molecule has 1 aromatic heterocycles. The van der Waals surface area contributed by atoms with Crippen LogP contribution in [0.3, 0.4) is 0 Å². The van der Waals surface area contributed by atoms with Crippen LogP contribution in [0.15, 0.2) is 34.6 Å². The number of benzene rings is 1. The van der Waals surface area contributed by atoms with Gasteiger partial charge in [-0.15, -0.1) is 11.3 Å². The monoisotopic (exact) mass is 417 g/mol. The number of aliphatic imine (C=N–C) groups is 1. The van der Waals surface area contributed by atoms with Crippen molar-refractivity contribution in [3.05, 3.63) is 35.3 Å². The molecule has 0 unspecified atom stereocenters. The molecule has 0 atom stereocenters. The first-order valence-electron chi connectivity index (χ1n) is 10.2. The van der Waals surface area contributed by atoms with E-state index in [0.717, 1.165) is 60.7 Å². The Hall–Kier alpha value is -2.32. The molecular weight excluding hydrogens is 386 g/mol. The van der Waals surface area contributed by atoms with Crippen LogP contribution >= 0.6 is 11.3 Å². The van der Waals surface area contributed by atoms with Crippen molar-refractivity contribution in [2.45, 2.75) is 25.7 Å². The van der Waals surface area contributed by atoms with Gasteiger partial charge in [0.15, 0.2) is 11.1 Å². The molecule has 0 bridgehead atoms. The largest absolute Gasteiger partial charge is 0.493 e. The van der Waals surface area contributed by atoms with Gasteiger partial charge >= 0.3 is 0 Å². The van der Waals surface area contributed by atoms with Crippen molar-refractivity contribution >= 4 is 28.1 Å². The Kier molecular flexibility index (Phi) is 8.58. The molecule has 158 valence electrons. The van der Waals surface area contributed by atoms with Crippen molar-refractivity contribution in [2.75, 3.05) is 57.2 Å². The third kappa shape index (κ3) is 6.90. The van der Waals surface area contributed by atoms with E-state index in [0.29, 0.717) is 13.2 Å². The van der Waals surface area contributed by atoms with Crippen molar-refractivity contribution < 1.29 is 9.47 Å². The zero-order valence-corrected chi connectivity index (χ0v) is 18.1. The lowest BCUT2D eigenvalue weighted by Gasteiger charge is -2.13. The number of nitrogens with zero attached hydrogens (tertiary/aromatic N) is 3. The Morgan fingerprint density at radius 1 is 1.28 bits per heavy atom. The molecule has 2 heterocycles. The molecule has 0 radical (unpaired) electrons. The summed E-state index contributed by atoms with van der Waals surface area (Å²) in [7, 11) is 3.47. The first-order valence-corrected chi connectivity index (χ1v) is 11.1. The van der Waals surface area contributed by atoms with Crippen LogP contribution in [-0.4, -0.2) is 57.9 Å². The van der Waals surface area contributed by atoms with E-state index in [-0.39, 0.29) is 0 Å². The van der Waals surface area contributed by atoms with Crippen LogP contribution in [0.5, 0.6) is 5.75 Å². The van der Waals surface area contributed by atoms with Gasteiger partial charge in [0.25, 0.3) is 0 Å². The van der Waals surface area contributed by atoms with E-state index in [2.05, 4.69) is 25.9 Å². The average Bonchev–Trinajstić information content (AvgIpc) is 3.43. The lowest BCUT2D eigenvalue weighted by Crippen LogP contribution is -2.32. The molecule has 2 N–H and O–H groups in total. The van der Waals surface area contributed by atoms with Gasteiger partial charge in [-0.05, 0) is 25.0 Å². The molecule has 1 aromatic carbocycles. The molecule has 0 amide bonds. The van der Waals surface area contributed by atoms with Crippen molar-refractivity contribution in [1.29, 1.82) is 0 Å². The number of methoxy groups -OCH3 is 1. The van der Waals surface area contributed by atoms with Gasteiger partial charge in [-0.3, -0.25) is 4.99 Å². The zero-order valence-electron chi connectivity index (χ0n) is 17.3. The number of aromatic nitrogens is 1. The fraction of sp³-hybridized carbons (Fsp3) is 0.524. The fourth-order valence-electron chi connectivity index (χ4n) is 3.15. The maximum Gasteiger partial charge on any atom is 0.195 e. The van der Waals surface area contributed by atoms with Gasteiger partial charge in [-0.25, -0.2) is 4.98 Å². The van der Waals surface area contributed by atoms with Crippen LogP contribution in [0, 0.1) is 0 Å². The molecule has 0 spiro atoms. The normalized spacial score (nSPS) is 14.3. The average molecular weight is 418 g/mol. The van der Waals surface area contributed by atoms with Gasteiger partial charge in [-0.2, -0.15) is 0 Å². The number of anilines is 2. The van der Waals surface area contributed by atoms with E-state index in [1.807, 2.05) is 24.3 Å². The maximum absolute atomic E-state index is 5.76. The summed E-state index contributed by atoms with van der Waals surface area (Å²) >= 11 is 1.74. The van der Waals surface area contributed by atoms with E-state index in [9.17, 15) is 0 Å². The number of nitrogens with one attached hydrogen (secondary N) is 2. The Balaban J connectivity index is 1.43. The highest BCUT2D eigenvalue weighted by Gasteiger charge is 2.15. The Bertz CT molecular complexity index is 774.